The molecule has 1 aromatic heterocycles. The third-order valence-corrected chi connectivity index (χ3v) is 4.18. The monoisotopic (exact) mass is 366 g/mol. The number of aromatic nitrogens is 1. The molecule has 1 saturated carbocycles. The van der Waals surface area contributed by atoms with Crippen molar-refractivity contribution >= 4 is 27.7 Å². The topological polar surface area (TPSA) is 62.2 Å². The third kappa shape index (κ3) is 4.09. The number of halogens is 4. The number of rotatable bonds is 3. The molecule has 0 bridgehead atoms. The molecular formula is C13H14BrF3N2O2. The fraction of sp³-hybridized carbons (Fsp3) is 0.538. The van der Waals surface area contributed by atoms with Crippen molar-refractivity contribution in [2.45, 2.75) is 37.9 Å². The molecule has 1 aliphatic carbocycles. The molecule has 0 unspecified atom stereocenters. The number of carboxylic acids is 1. The maximum Gasteiger partial charge on any atom is 0.434 e. The maximum absolute atomic E-state index is 12.8. The van der Waals surface area contributed by atoms with E-state index in [1.807, 2.05) is 0 Å². The van der Waals surface area contributed by atoms with Gasteiger partial charge in [-0.3, -0.25) is 4.79 Å². The minimum absolute atomic E-state index is 0.0460. The first-order chi connectivity index (χ1) is 9.77. The Morgan fingerprint density at radius 3 is 2.43 bits per heavy atom. The van der Waals surface area contributed by atoms with Crippen LogP contribution in [0.2, 0.25) is 0 Å². The fourth-order valence-corrected chi connectivity index (χ4v) is 2.86. The van der Waals surface area contributed by atoms with E-state index in [-0.39, 0.29) is 22.3 Å². The first kappa shape index (κ1) is 16.1. The number of nitrogens with one attached hydrogen (secondary N) is 1. The molecule has 116 valence electrons. The summed E-state index contributed by atoms with van der Waals surface area (Å²) < 4.78 is 38.2. The fourth-order valence-electron chi connectivity index (χ4n) is 2.42. The molecule has 1 heterocycles. The normalized spacial score (nSPS) is 22.9. The van der Waals surface area contributed by atoms with Crippen molar-refractivity contribution in [3.63, 3.8) is 0 Å². The minimum Gasteiger partial charge on any atom is -0.481 e. The Morgan fingerprint density at radius 1 is 1.29 bits per heavy atom. The number of hydrogen-bond donors (Lipinski definition) is 2. The average molecular weight is 367 g/mol. The number of aliphatic carboxylic acids is 1. The van der Waals surface area contributed by atoms with Crippen LogP contribution in [0.3, 0.4) is 0 Å². The molecule has 0 amide bonds. The summed E-state index contributed by atoms with van der Waals surface area (Å²) in [6, 6.07) is 2.74. The zero-order valence-corrected chi connectivity index (χ0v) is 12.5. The summed E-state index contributed by atoms with van der Waals surface area (Å²) in [4.78, 5) is 14.4. The largest absolute Gasteiger partial charge is 0.481 e. The van der Waals surface area contributed by atoms with Crippen LogP contribution in [0.5, 0.6) is 0 Å². The van der Waals surface area contributed by atoms with Crippen LogP contribution in [0.1, 0.15) is 31.4 Å². The summed E-state index contributed by atoms with van der Waals surface area (Å²) in [7, 11) is 0. The van der Waals surface area contributed by atoms with Gasteiger partial charge in [0.05, 0.1) is 5.92 Å². The van der Waals surface area contributed by atoms with E-state index in [0.29, 0.717) is 25.7 Å². The van der Waals surface area contributed by atoms with Gasteiger partial charge in [-0.1, -0.05) is 0 Å². The third-order valence-electron chi connectivity index (χ3n) is 3.54. The molecule has 2 rings (SSSR count). The van der Waals surface area contributed by atoms with Crippen LogP contribution in [0, 0.1) is 5.92 Å². The lowest BCUT2D eigenvalue weighted by molar-refractivity contribution is -0.143. The molecule has 21 heavy (non-hydrogen) atoms. The second-order valence-electron chi connectivity index (χ2n) is 5.06. The number of alkyl halides is 3. The van der Waals surface area contributed by atoms with Gasteiger partial charge in [-0.25, -0.2) is 4.98 Å². The standard InChI is InChI=1S/C13H14BrF3N2O2/c14-9-5-6-10(19-11(9)13(15,16)17)18-8-3-1-7(2-4-8)12(20)21/h5-8H,1-4H2,(H,18,19)(H,20,21). The molecule has 0 aliphatic heterocycles. The van der Waals surface area contributed by atoms with E-state index < -0.39 is 17.8 Å². The number of anilines is 1. The van der Waals surface area contributed by atoms with E-state index in [1.165, 1.54) is 12.1 Å². The average Bonchev–Trinajstić information content (AvgIpc) is 2.40. The van der Waals surface area contributed by atoms with Gasteiger partial charge in [-0.05, 0) is 53.7 Å². The van der Waals surface area contributed by atoms with Crippen molar-refractivity contribution in [1.82, 2.24) is 4.98 Å². The molecule has 0 radical (unpaired) electrons. The van der Waals surface area contributed by atoms with Gasteiger partial charge in [0.1, 0.15) is 5.82 Å². The molecular weight excluding hydrogens is 353 g/mol. The van der Waals surface area contributed by atoms with E-state index in [0.717, 1.165) is 0 Å². The Kier molecular flexibility index (Phi) is 4.75. The van der Waals surface area contributed by atoms with E-state index in [4.69, 9.17) is 5.11 Å². The van der Waals surface area contributed by atoms with Gasteiger partial charge in [0.15, 0.2) is 5.69 Å². The van der Waals surface area contributed by atoms with Crippen molar-refractivity contribution in [3.8, 4) is 0 Å². The van der Waals surface area contributed by atoms with E-state index in [1.54, 1.807) is 0 Å². The summed E-state index contributed by atoms with van der Waals surface area (Å²) in [6.07, 6.45) is -2.26. The maximum atomic E-state index is 12.8. The number of hydrogen-bond acceptors (Lipinski definition) is 3. The van der Waals surface area contributed by atoms with Gasteiger partial charge in [-0.2, -0.15) is 13.2 Å². The highest BCUT2D eigenvalue weighted by Gasteiger charge is 2.35. The summed E-state index contributed by atoms with van der Waals surface area (Å²) in [6.45, 7) is 0. The van der Waals surface area contributed by atoms with Gasteiger partial charge in [-0.15, -0.1) is 0 Å². The highest BCUT2D eigenvalue weighted by atomic mass is 79.9. The van der Waals surface area contributed by atoms with Crippen LogP contribution in [-0.4, -0.2) is 22.1 Å². The van der Waals surface area contributed by atoms with E-state index in [9.17, 15) is 18.0 Å². The summed E-state index contributed by atoms with van der Waals surface area (Å²) in [5, 5.41) is 11.9. The molecule has 1 aliphatic rings. The Balaban J connectivity index is 2.03. The summed E-state index contributed by atoms with van der Waals surface area (Å²) >= 11 is 2.84. The van der Waals surface area contributed by atoms with E-state index >= 15 is 0 Å². The molecule has 0 aromatic carbocycles. The highest BCUT2D eigenvalue weighted by molar-refractivity contribution is 9.10. The Hall–Kier alpha value is -1.31. The Morgan fingerprint density at radius 2 is 1.90 bits per heavy atom. The van der Waals surface area contributed by atoms with E-state index in [2.05, 4.69) is 26.2 Å². The quantitative estimate of drug-likeness (QED) is 0.850. The highest BCUT2D eigenvalue weighted by Crippen LogP contribution is 2.34. The second kappa shape index (κ2) is 6.21. The van der Waals surface area contributed by atoms with Crippen molar-refractivity contribution in [2.24, 2.45) is 5.92 Å². The van der Waals surface area contributed by atoms with Gasteiger partial charge in [0.2, 0.25) is 0 Å². The van der Waals surface area contributed by atoms with Crippen LogP contribution in [0.25, 0.3) is 0 Å². The summed E-state index contributed by atoms with van der Waals surface area (Å²) in [5.41, 5.74) is -0.966. The van der Waals surface area contributed by atoms with Gasteiger partial charge in [0, 0.05) is 10.5 Å². The molecule has 0 saturated heterocycles. The van der Waals surface area contributed by atoms with Crippen LogP contribution in [0.15, 0.2) is 16.6 Å². The molecule has 0 spiro atoms. The second-order valence-corrected chi connectivity index (χ2v) is 5.91. The molecule has 4 nitrogen and oxygen atoms in total. The number of carboxylic acid groups (broad SMARTS) is 1. The predicted molar refractivity (Wildman–Crippen MR) is 73.9 cm³/mol. The van der Waals surface area contributed by atoms with Crippen molar-refractivity contribution in [1.29, 1.82) is 0 Å². The molecule has 2 N–H and O–H groups in total. The number of pyridine rings is 1. The minimum atomic E-state index is -4.52. The smallest absolute Gasteiger partial charge is 0.434 e. The predicted octanol–water partition coefficient (Wildman–Crippen LogP) is 3.92. The summed E-state index contributed by atoms with van der Waals surface area (Å²) in [5.74, 6) is -1.01. The van der Waals surface area contributed by atoms with Crippen molar-refractivity contribution in [2.75, 3.05) is 5.32 Å². The molecule has 1 aromatic rings. The van der Waals surface area contributed by atoms with Crippen molar-refractivity contribution < 1.29 is 23.1 Å². The van der Waals surface area contributed by atoms with Crippen LogP contribution in [-0.2, 0) is 11.0 Å². The Bertz CT molecular complexity index is 529. The van der Waals surface area contributed by atoms with Crippen LogP contribution >= 0.6 is 15.9 Å². The number of carbonyl (C=O) groups is 1. The van der Waals surface area contributed by atoms with Crippen LogP contribution < -0.4 is 5.32 Å². The van der Waals surface area contributed by atoms with Gasteiger partial charge in [0.25, 0.3) is 0 Å². The zero-order chi connectivity index (χ0) is 15.6. The van der Waals surface area contributed by atoms with Crippen molar-refractivity contribution in [3.05, 3.63) is 22.3 Å². The molecule has 1 fully saturated rings. The van der Waals surface area contributed by atoms with Gasteiger partial charge >= 0.3 is 12.1 Å². The Labute approximate surface area is 127 Å². The molecule has 8 heteroatoms. The lowest BCUT2D eigenvalue weighted by atomic mass is 9.86. The van der Waals surface area contributed by atoms with Gasteiger partial charge < -0.3 is 10.4 Å². The lowest BCUT2D eigenvalue weighted by Crippen LogP contribution is -2.29. The first-order valence-corrected chi connectivity index (χ1v) is 7.29. The SMILES string of the molecule is O=C(O)C1CCC(Nc2ccc(Br)c(C(F)(F)F)n2)CC1. The lowest BCUT2D eigenvalue weighted by Gasteiger charge is -2.27. The first-order valence-electron chi connectivity index (χ1n) is 6.50. The van der Waals surface area contributed by atoms with Crippen LogP contribution in [0.4, 0.5) is 19.0 Å². The number of nitrogens with zero attached hydrogens (tertiary/aromatic N) is 1. The molecule has 0 atom stereocenters. The zero-order valence-electron chi connectivity index (χ0n) is 11.0.